The predicted molar refractivity (Wildman–Crippen MR) is 77.1 cm³/mol. The molecule has 2 heterocycles. The molecule has 102 valence electrons. The lowest BCUT2D eigenvalue weighted by Crippen LogP contribution is -2.50. The van der Waals surface area contributed by atoms with Crippen molar-refractivity contribution in [2.75, 3.05) is 11.4 Å². The van der Waals surface area contributed by atoms with Crippen LogP contribution in [0, 0.1) is 25.2 Å². The van der Waals surface area contributed by atoms with Crippen LogP contribution in [-0.4, -0.2) is 23.6 Å². The maximum atomic E-state index is 9.40. The minimum absolute atomic E-state index is 0.0921. The second-order valence-corrected chi connectivity index (χ2v) is 5.51. The van der Waals surface area contributed by atoms with Gasteiger partial charge in [-0.05, 0) is 51.7 Å². The van der Waals surface area contributed by atoms with E-state index < -0.39 is 0 Å². The van der Waals surface area contributed by atoms with Crippen molar-refractivity contribution < 1.29 is 0 Å². The van der Waals surface area contributed by atoms with E-state index in [0.717, 1.165) is 36.5 Å². The lowest BCUT2D eigenvalue weighted by atomic mass is 9.96. The van der Waals surface area contributed by atoms with E-state index in [4.69, 9.17) is 5.73 Å². The number of pyridine rings is 1. The third-order valence-corrected chi connectivity index (χ3v) is 3.87. The average Bonchev–Trinajstić information content (AvgIpc) is 2.37. The zero-order chi connectivity index (χ0) is 14.0. The molecule has 0 aromatic carbocycles. The van der Waals surface area contributed by atoms with E-state index in [-0.39, 0.29) is 12.1 Å². The van der Waals surface area contributed by atoms with E-state index in [1.165, 1.54) is 6.42 Å². The van der Waals surface area contributed by atoms with Crippen molar-refractivity contribution in [2.24, 2.45) is 5.73 Å². The van der Waals surface area contributed by atoms with Gasteiger partial charge in [-0.1, -0.05) is 0 Å². The molecule has 0 aliphatic carbocycles. The molecule has 19 heavy (non-hydrogen) atoms. The summed E-state index contributed by atoms with van der Waals surface area (Å²) in [5.41, 5.74) is 8.76. The predicted octanol–water partition coefficient (Wildman–Crippen LogP) is 2.28. The van der Waals surface area contributed by atoms with E-state index in [9.17, 15) is 5.26 Å². The fourth-order valence-electron chi connectivity index (χ4n) is 2.93. The van der Waals surface area contributed by atoms with Crippen LogP contribution in [-0.2, 0) is 0 Å². The van der Waals surface area contributed by atoms with Crippen LogP contribution in [0.4, 0.5) is 5.82 Å². The molecule has 1 aromatic rings. The number of rotatable bonds is 2. The Hall–Kier alpha value is -1.60. The second kappa shape index (κ2) is 5.58. The summed E-state index contributed by atoms with van der Waals surface area (Å²) in [5.74, 6) is 0.821. The summed E-state index contributed by atoms with van der Waals surface area (Å²) >= 11 is 0. The largest absolute Gasteiger partial charge is 0.351 e. The highest BCUT2D eigenvalue weighted by Gasteiger charge is 2.28. The minimum atomic E-state index is 0.0921. The molecule has 4 heteroatoms. The summed E-state index contributed by atoms with van der Waals surface area (Å²) < 4.78 is 0. The number of piperidine rings is 1. The molecular weight excluding hydrogens is 236 g/mol. The number of anilines is 1. The summed E-state index contributed by atoms with van der Waals surface area (Å²) in [4.78, 5) is 6.85. The van der Waals surface area contributed by atoms with Crippen LogP contribution in [0.15, 0.2) is 6.07 Å². The van der Waals surface area contributed by atoms with Crippen molar-refractivity contribution in [1.29, 1.82) is 5.26 Å². The van der Waals surface area contributed by atoms with Gasteiger partial charge in [-0.25, -0.2) is 4.98 Å². The minimum Gasteiger partial charge on any atom is -0.351 e. The van der Waals surface area contributed by atoms with Gasteiger partial charge in [0.15, 0.2) is 0 Å². The summed E-state index contributed by atoms with van der Waals surface area (Å²) in [6.45, 7) is 6.93. The molecule has 0 saturated carbocycles. The van der Waals surface area contributed by atoms with Gasteiger partial charge in [0, 0.05) is 24.3 Å². The lowest BCUT2D eigenvalue weighted by Gasteiger charge is -2.39. The van der Waals surface area contributed by atoms with Crippen LogP contribution in [0.1, 0.15) is 43.0 Å². The molecule has 2 atom stereocenters. The fraction of sp³-hybridized carbons (Fsp3) is 0.600. The van der Waals surface area contributed by atoms with E-state index in [1.54, 1.807) is 0 Å². The Morgan fingerprint density at radius 1 is 1.47 bits per heavy atom. The molecule has 1 aromatic heterocycles. The number of nitrogens with zero attached hydrogens (tertiary/aromatic N) is 3. The van der Waals surface area contributed by atoms with E-state index in [0.29, 0.717) is 5.56 Å². The first-order valence-electron chi connectivity index (χ1n) is 6.95. The SMILES string of the molecule is Cc1cc(C)c(C#N)c(N2CCCCC2C(C)N)n1. The van der Waals surface area contributed by atoms with E-state index >= 15 is 0 Å². The summed E-state index contributed by atoms with van der Waals surface area (Å²) in [5, 5.41) is 9.40. The van der Waals surface area contributed by atoms with Gasteiger partial charge in [-0.3, -0.25) is 0 Å². The lowest BCUT2D eigenvalue weighted by molar-refractivity contribution is 0.410. The van der Waals surface area contributed by atoms with Crippen molar-refractivity contribution in [1.82, 2.24) is 4.98 Å². The maximum absolute atomic E-state index is 9.40. The molecule has 1 aliphatic rings. The van der Waals surface area contributed by atoms with Crippen LogP contribution in [0.2, 0.25) is 0 Å². The molecule has 0 spiro atoms. The normalized spacial score (nSPS) is 21.0. The van der Waals surface area contributed by atoms with E-state index in [2.05, 4.69) is 16.0 Å². The maximum Gasteiger partial charge on any atom is 0.147 e. The Kier molecular flexibility index (Phi) is 4.06. The topological polar surface area (TPSA) is 65.9 Å². The Balaban J connectivity index is 2.47. The van der Waals surface area contributed by atoms with Gasteiger partial charge in [0.05, 0.1) is 5.56 Å². The molecule has 1 saturated heterocycles. The number of hydrogen-bond donors (Lipinski definition) is 1. The van der Waals surface area contributed by atoms with Crippen LogP contribution >= 0.6 is 0 Å². The van der Waals surface area contributed by atoms with Gasteiger partial charge in [-0.15, -0.1) is 0 Å². The van der Waals surface area contributed by atoms with Crippen molar-refractivity contribution in [3.05, 3.63) is 22.9 Å². The summed E-state index contributed by atoms with van der Waals surface area (Å²) in [6, 6.07) is 4.65. The number of hydrogen-bond acceptors (Lipinski definition) is 4. The molecule has 0 radical (unpaired) electrons. The van der Waals surface area contributed by atoms with Gasteiger partial charge in [0.25, 0.3) is 0 Å². The van der Waals surface area contributed by atoms with Crippen LogP contribution in [0.3, 0.4) is 0 Å². The Morgan fingerprint density at radius 2 is 2.21 bits per heavy atom. The second-order valence-electron chi connectivity index (χ2n) is 5.51. The molecule has 1 aliphatic heterocycles. The van der Waals surface area contributed by atoms with Gasteiger partial charge < -0.3 is 10.6 Å². The first-order valence-corrected chi connectivity index (χ1v) is 6.95. The third kappa shape index (κ3) is 2.71. The highest BCUT2D eigenvalue weighted by Crippen LogP contribution is 2.29. The number of aryl methyl sites for hydroxylation is 2. The third-order valence-electron chi connectivity index (χ3n) is 3.87. The average molecular weight is 258 g/mol. The van der Waals surface area contributed by atoms with Crippen LogP contribution < -0.4 is 10.6 Å². The molecular formula is C15H22N4. The molecule has 1 fully saturated rings. The highest BCUT2D eigenvalue weighted by atomic mass is 15.2. The van der Waals surface area contributed by atoms with Gasteiger partial charge in [0.2, 0.25) is 0 Å². The smallest absolute Gasteiger partial charge is 0.147 e. The van der Waals surface area contributed by atoms with Crippen molar-refractivity contribution in [2.45, 2.75) is 52.1 Å². The van der Waals surface area contributed by atoms with E-state index in [1.807, 2.05) is 26.8 Å². The number of nitriles is 1. The number of aromatic nitrogens is 1. The standard InChI is InChI=1S/C15H22N4/c1-10-8-11(2)18-15(13(10)9-16)19-7-5-4-6-14(19)12(3)17/h8,12,14H,4-7,17H2,1-3H3. The highest BCUT2D eigenvalue weighted by molar-refractivity contribution is 5.59. The quantitative estimate of drug-likeness (QED) is 0.883. The first kappa shape index (κ1) is 13.8. The van der Waals surface area contributed by atoms with Crippen LogP contribution in [0.5, 0.6) is 0 Å². The monoisotopic (exact) mass is 258 g/mol. The first-order chi connectivity index (χ1) is 9.04. The molecule has 0 amide bonds. The molecule has 2 unspecified atom stereocenters. The Bertz CT molecular complexity index is 502. The zero-order valence-corrected chi connectivity index (χ0v) is 12.0. The van der Waals surface area contributed by atoms with Crippen molar-refractivity contribution in [3.63, 3.8) is 0 Å². The molecule has 4 nitrogen and oxygen atoms in total. The molecule has 0 bridgehead atoms. The number of nitrogens with two attached hydrogens (primary N) is 1. The van der Waals surface area contributed by atoms with Crippen LogP contribution in [0.25, 0.3) is 0 Å². The molecule has 2 N–H and O–H groups in total. The Morgan fingerprint density at radius 3 is 2.84 bits per heavy atom. The summed E-state index contributed by atoms with van der Waals surface area (Å²) in [7, 11) is 0. The Labute approximate surface area is 115 Å². The summed E-state index contributed by atoms with van der Waals surface area (Å²) in [6.07, 6.45) is 3.43. The fourth-order valence-corrected chi connectivity index (χ4v) is 2.93. The van der Waals surface area contributed by atoms with Crippen molar-refractivity contribution in [3.8, 4) is 6.07 Å². The molecule has 2 rings (SSSR count). The van der Waals surface area contributed by atoms with Gasteiger partial charge in [0.1, 0.15) is 11.9 Å². The van der Waals surface area contributed by atoms with Gasteiger partial charge in [-0.2, -0.15) is 5.26 Å². The zero-order valence-electron chi connectivity index (χ0n) is 12.0. The van der Waals surface area contributed by atoms with Gasteiger partial charge >= 0.3 is 0 Å². The van der Waals surface area contributed by atoms with Crippen molar-refractivity contribution >= 4 is 5.82 Å².